The Kier molecular flexibility index (Phi) is 1.03. The molecule has 10 heavy (non-hydrogen) atoms. The molecule has 52 valence electrons. The molecule has 0 atom stereocenters. The molecule has 0 fully saturated rings. The monoisotopic (exact) mass is 135 g/mol. The Bertz CT molecular complexity index is 272. The smallest absolute Gasteiger partial charge is 0.198 e. The van der Waals surface area contributed by atoms with Crippen LogP contribution in [0.15, 0.2) is 6.08 Å². The zero-order chi connectivity index (χ0) is 6.97. The summed E-state index contributed by atoms with van der Waals surface area (Å²) in [5, 5.41) is 0. The Morgan fingerprint density at radius 1 is 1.60 bits per heavy atom. The molecule has 1 aliphatic rings. The molecular weight excluding hydrogens is 126 g/mol. The van der Waals surface area contributed by atoms with Gasteiger partial charge in [-0.2, -0.15) is 0 Å². The molecule has 0 aromatic carbocycles. The summed E-state index contributed by atoms with van der Waals surface area (Å²) in [7, 11) is 0. The van der Waals surface area contributed by atoms with Crippen molar-refractivity contribution >= 4 is 12.0 Å². The fourth-order valence-corrected chi connectivity index (χ4v) is 1.19. The molecular formula is C7H9N3. The lowest BCUT2D eigenvalue weighted by atomic mass is 10.1. The van der Waals surface area contributed by atoms with Crippen LogP contribution in [-0.2, 0) is 6.42 Å². The van der Waals surface area contributed by atoms with E-state index in [4.69, 9.17) is 5.73 Å². The Morgan fingerprint density at radius 3 is 3.30 bits per heavy atom. The number of fused-ring (bicyclic) bond motifs is 1. The first kappa shape index (κ1) is 5.53. The highest BCUT2D eigenvalue weighted by atomic mass is 15.0. The minimum atomic E-state index is 0.525. The van der Waals surface area contributed by atoms with Gasteiger partial charge in [-0.15, -0.1) is 0 Å². The number of H-pyrrole nitrogens is 1. The van der Waals surface area contributed by atoms with Crippen molar-refractivity contribution in [3.63, 3.8) is 0 Å². The predicted octanol–water partition coefficient (Wildman–Crippen LogP) is 0.951. The maximum absolute atomic E-state index is 5.46. The van der Waals surface area contributed by atoms with Crippen LogP contribution in [-0.4, -0.2) is 9.97 Å². The molecule has 3 N–H and O–H groups in total. The Hall–Kier alpha value is -1.25. The number of aromatic amines is 1. The number of hydrogen-bond acceptors (Lipinski definition) is 2. The largest absolute Gasteiger partial charge is 0.369 e. The number of imidazole rings is 1. The molecule has 3 heteroatoms. The lowest BCUT2D eigenvalue weighted by Gasteiger charge is -1.99. The third-order valence-corrected chi connectivity index (χ3v) is 1.66. The number of nitrogens with one attached hydrogen (secondary N) is 1. The SMILES string of the molecule is Nc1nc2c([nH]1)C=CCC2. The highest BCUT2D eigenvalue weighted by Gasteiger charge is 2.07. The minimum absolute atomic E-state index is 0.525. The topological polar surface area (TPSA) is 54.7 Å². The summed E-state index contributed by atoms with van der Waals surface area (Å²) in [4.78, 5) is 7.10. The van der Waals surface area contributed by atoms with E-state index in [-0.39, 0.29) is 0 Å². The number of rotatable bonds is 0. The van der Waals surface area contributed by atoms with Gasteiger partial charge in [0.15, 0.2) is 5.95 Å². The van der Waals surface area contributed by atoms with E-state index in [0.29, 0.717) is 5.95 Å². The van der Waals surface area contributed by atoms with E-state index in [9.17, 15) is 0 Å². The van der Waals surface area contributed by atoms with Crippen molar-refractivity contribution < 1.29 is 0 Å². The number of hydrogen-bond donors (Lipinski definition) is 2. The van der Waals surface area contributed by atoms with Crippen molar-refractivity contribution in [2.75, 3.05) is 5.73 Å². The van der Waals surface area contributed by atoms with Gasteiger partial charge in [0.1, 0.15) is 0 Å². The number of nitrogens with two attached hydrogens (primary N) is 1. The van der Waals surface area contributed by atoms with Crippen molar-refractivity contribution in [3.8, 4) is 0 Å². The van der Waals surface area contributed by atoms with Crippen LogP contribution in [0.5, 0.6) is 0 Å². The number of nitrogens with zero attached hydrogens (tertiary/aromatic N) is 1. The Balaban J connectivity index is 2.53. The zero-order valence-corrected chi connectivity index (χ0v) is 5.59. The molecule has 1 aliphatic carbocycles. The van der Waals surface area contributed by atoms with E-state index < -0.39 is 0 Å². The minimum Gasteiger partial charge on any atom is -0.369 e. The lowest BCUT2D eigenvalue weighted by Crippen LogP contribution is -1.91. The van der Waals surface area contributed by atoms with E-state index in [0.717, 1.165) is 24.2 Å². The van der Waals surface area contributed by atoms with Gasteiger partial charge in [0.25, 0.3) is 0 Å². The van der Waals surface area contributed by atoms with Gasteiger partial charge in [0.05, 0.1) is 11.4 Å². The maximum atomic E-state index is 5.46. The van der Waals surface area contributed by atoms with Gasteiger partial charge in [-0.25, -0.2) is 4.98 Å². The normalized spacial score (nSPS) is 15.2. The molecule has 0 spiro atoms. The standard InChI is InChI=1S/C7H9N3/c8-7-9-5-3-1-2-4-6(5)10-7/h1,3H,2,4H2,(H3,8,9,10). The van der Waals surface area contributed by atoms with Crippen LogP contribution in [0.4, 0.5) is 5.95 Å². The average Bonchev–Trinajstić information content (AvgIpc) is 2.27. The number of aromatic nitrogens is 2. The summed E-state index contributed by atoms with van der Waals surface area (Å²) in [6.45, 7) is 0. The van der Waals surface area contributed by atoms with Crippen LogP contribution in [0.1, 0.15) is 17.8 Å². The van der Waals surface area contributed by atoms with Gasteiger partial charge in [-0.1, -0.05) is 6.08 Å². The summed E-state index contributed by atoms with van der Waals surface area (Å²) in [5.41, 5.74) is 7.63. The first-order valence-corrected chi connectivity index (χ1v) is 3.37. The second-order valence-corrected chi connectivity index (χ2v) is 2.42. The van der Waals surface area contributed by atoms with Crippen molar-refractivity contribution in [3.05, 3.63) is 17.5 Å². The molecule has 0 saturated carbocycles. The molecule has 1 heterocycles. The van der Waals surface area contributed by atoms with Crippen molar-refractivity contribution in [1.82, 2.24) is 9.97 Å². The van der Waals surface area contributed by atoms with E-state index in [2.05, 4.69) is 16.0 Å². The van der Waals surface area contributed by atoms with Gasteiger partial charge < -0.3 is 10.7 Å². The zero-order valence-electron chi connectivity index (χ0n) is 5.59. The highest BCUT2D eigenvalue weighted by Crippen LogP contribution is 2.16. The Morgan fingerprint density at radius 2 is 2.50 bits per heavy atom. The number of allylic oxidation sites excluding steroid dienone is 1. The van der Waals surface area contributed by atoms with Gasteiger partial charge >= 0.3 is 0 Å². The van der Waals surface area contributed by atoms with Gasteiger partial charge in [0, 0.05) is 0 Å². The summed E-state index contributed by atoms with van der Waals surface area (Å²) in [5.74, 6) is 0.525. The Labute approximate surface area is 59.0 Å². The first-order chi connectivity index (χ1) is 4.86. The summed E-state index contributed by atoms with van der Waals surface area (Å²) in [6, 6.07) is 0. The van der Waals surface area contributed by atoms with Crippen LogP contribution in [0.2, 0.25) is 0 Å². The second kappa shape index (κ2) is 1.87. The van der Waals surface area contributed by atoms with Gasteiger partial charge in [-0.05, 0) is 18.9 Å². The molecule has 3 nitrogen and oxygen atoms in total. The van der Waals surface area contributed by atoms with Gasteiger partial charge in [-0.3, -0.25) is 0 Å². The fraction of sp³-hybridized carbons (Fsp3) is 0.286. The molecule has 1 aromatic heterocycles. The van der Waals surface area contributed by atoms with Crippen LogP contribution < -0.4 is 5.73 Å². The van der Waals surface area contributed by atoms with Crippen LogP contribution in [0.3, 0.4) is 0 Å². The van der Waals surface area contributed by atoms with Crippen LogP contribution in [0, 0.1) is 0 Å². The van der Waals surface area contributed by atoms with Crippen molar-refractivity contribution in [2.45, 2.75) is 12.8 Å². The third-order valence-electron chi connectivity index (χ3n) is 1.66. The fourth-order valence-electron chi connectivity index (χ4n) is 1.19. The number of anilines is 1. The van der Waals surface area contributed by atoms with Crippen LogP contribution in [0.25, 0.3) is 6.08 Å². The molecule has 0 unspecified atom stereocenters. The second-order valence-electron chi connectivity index (χ2n) is 2.42. The molecule has 0 bridgehead atoms. The molecule has 0 radical (unpaired) electrons. The molecule has 0 aliphatic heterocycles. The quantitative estimate of drug-likeness (QED) is 0.556. The molecule has 1 aromatic rings. The maximum Gasteiger partial charge on any atom is 0.198 e. The van der Waals surface area contributed by atoms with Crippen LogP contribution >= 0.6 is 0 Å². The summed E-state index contributed by atoms with van der Waals surface area (Å²) >= 11 is 0. The average molecular weight is 135 g/mol. The van der Waals surface area contributed by atoms with Gasteiger partial charge in [0.2, 0.25) is 0 Å². The number of nitrogen functional groups attached to an aromatic ring is 1. The van der Waals surface area contributed by atoms with E-state index in [1.165, 1.54) is 0 Å². The van der Waals surface area contributed by atoms with E-state index in [1.807, 2.05) is 6.08 Å². The lowest BCUT2D eigenvalue weighted by molar-refractivity contribution is 0.944. The number of aryl methyl sites for hydroxylation is 1. The summed E-state index contributed by atoms with van der Waals surface area (Å²) in [6.07, 6.45) is 6.25. The van der Waals surface area contributed by atoms with E-state index in [1.54, 1.807) is 0 Å². The predicted molar refractivity (Wildman–Crippen MR) is 40.4 cm³/mol. The first-order valence-electron chi connectivity index (χ1n) is 3.37. The summed E-state index contributed by atoms with van der Waals surface area (Å²) < 4.78 is 0. The molecule has 0 saturated heterocycles. The van der Waals surface area contributed by atoms with Crippen molar-refractivity contribution in [2.24, 2.45) is 0 Å². The van der Waals surface area contributed by atoms with E-state index >= 15 is 0 Å². The molecule has 0 amide bonds. The van der Waals surface area contributed by atoms with Crippen molar-refractivity contribution in [1.29, 1.82) is 0 Å². The third kappa shape index (κ3) is 0.708. The molecule has 2 rings (SSSR count). The highest BCUT2D eigenvalue weighted by molar-refractivity contribution is 5.52.